The zero-order valence-corrected chi connectivity index (χ0v) is 16.1. The lowest BCUT2D eigenvalue weighted by molar-refractivity contribution is 0.976. The summed E-state index contributed by atoms with van der Waals surface area (Å²) >= 11 is 12.1. The first-order valence-corrected chi connectivity index (χ1v) is 9.10. The quantitative estimate of drug-likeness (QED) is 0.585. The average molecular weight is 398 g/mol. The van der Waals surface area contributed by atoms with Crippen LogP contribution in [0.1, 0.15) is 16.8 Å². The van der Waals surface area contributed by atoms with E-state index >= 15 is 0 Å². The SMILES string of the molecule is Cc1cc(Nc2ccccc2C#N)nc(NCCc2ccc(Cl)cc2Cl)n1. The van der Waals surface area contributed by atoms with Crippen LogP contribution in [-0.2, 0) is 6.42 Å². The van der Waals surface area contributed by atoms with Crippen molar-refractivity contribution in [1.82, 2.24) is 9.97 Å². The molecule has 0 saturated carbocycles. The summed E-state index contributed by atoms with van der Waals surface area (Å²) in [5, 5.41) is 16.9. The van der Waals surface area contributed by atoms with Crippen molar-refractivity contribution in [2.45, 2.75) is 13.3 Å². The van der Waals surface area contributed by atoms with Crippen molar-refractivity contribution in [2.75, 3.05) is 17.2 Å². The highest BCUT2D eigenvalue weighted by Crippen LogP contribution is 2.22. The molecule has 0 unspecified atom stereocenters. The normalized spacial score (nSPS) is 10.3. The van der Waals surface area contributed by atoms with E-state index in [9.17, 15) is 5.26 Å². The number of aromatic nitrogens is 2. The molecule has 136 valence electrons. The number of aryl methyl sites for hydroxylation is 1. The van der Waals surface area contributed by atoms with E-state index in [0.29, 0.717) is 46.0 Å². The van der Waals surface area contributed by atoms with Gasteiger partial charge >= 0.3 is 0 Å². The fourth-order valence-electron chi connectivity index (χ4n) is 2.57. The Morgan fingerprint density at radius 3 is 2.67 bits per heavy atom. The molecular weight excluding hydrogens is 381 g/mol. The maximum Gasteiger partial charge on any atom is 0.224 e. The van der Waals surface area contributed by atoms with Crippen LogP contribution in [-0.4, -0.2) is 16.5 Å². The van der Waals surface area contributed by atoms with Crippen LogP contribution >= 0.6 is 23.2 Å². The predicted octanol–water partition coefficient (Wildman–Crippen LogP) is 5.36. The highest BCUT2D eigenvalue weighted by atomic mass is 35.5. The molecule has 0 aliphatic heterocycles. The zero-order chi connectivity index (χ0) is 19.2. The van der Waals surface area contributed by atoms with Crippen molar-refractivity contribution in [2.24, 2.45) is 0 Å². The average Bonchev–Trinajstić information content (AvgIpc) is 2.63. The molecule has 0 amide bonds. The van der Waals surface area contributed by atoms with Gasteiger partial charge < -0.3 is 10.6 Å². The molecule has 0 fully saturated rings. The second-order valence-corrected chi connectivity index (χ2v) is 6.76. The lowest BCUT2D eigenvalue weighted by Gasteiger charge is -2.11. The summed E-state index contributed by atoms with van der Waals surface area (Å²) in [6.45, 7) is 2.52. The third-order valence-corrected chi connectivity index (χ3v) is 4.44. The number of para-hydroxylation sites is 1. The standard InChI is InChI=1S/C20H17Cl2N5/c1-13-10-19(26-18-5-3-2-4-15(18)12-23)27-20(25-13)24-9-8-14-6-7-16(21)11-17(14)22/h2-7,10-11H,8-9H2,1H3,(H2,24,25,26,27). The Morgan fingerprint density at radius 2 is 1.89 bits per heavy atom. The van der Waals surface area contributed by atoms with Crippen LogP contribution in [0.5, 0.6) is 0 Å². The summed E-state index contributed by atoms with van der Waals surface area (Å²) in [5.41, 5.74) is 3.08. The molecule has 1 heterocycles. The predicted molar refractivity (Wildman–Crippen MR) is 110 cm³/mol. The van der Waals surface area contributed by atoms with Crippen molar-refractivity contribution < 1.29 is 0 Å². The van der Waals surface area contributed by atoms with Crippen LogP contribution in [0.4, 0.5) is 17.5 Å². The van der Waals surface area contributed by atoms with Gasteiger partial charge in [-0.25, -0.2) is 4.98 Å². The van der Waals surface area contributed by atoms with E-state index in [0.717, 1.165) is 11.3 Å². The summed E-state index contributed by atoms with van der Waals surface area (Å²) in [7, 11) is 0. The van der Waals surface area contributed by atoms with Gasteiger partial charge in [-0.15, -0.1) is 0 Å². The molecule has 0 spiro atoms. The van der Waals surface area contributed by atoms with Gasteiger partial charge in [-0.3, -0.25) is 0 Å². The number of nitrogens with one attached hydrogen (secondary N) is 2. The highest BCUT2D eigenvalue weighted by Gasteiger charge is 2.06. The van der Waals surface area contributed by atoms with E-state index in [1.54, 1.807) is 12.1 Å². The summed E-state index contributed by atoms with van der Waals surface area (Å²) in [6.07, 6.45) is 0.716. The van der Waals surface area contributed by atoms with Crippen LogP contribution in [0.2, 0.25) is 10.0 Å². The molecule has 3 aromatic rings. The molecule has 5 nitrogen and oxygen atoms in total. The number of benzene rings is 2. The molecule has 0 radical (unpaired) electrons. The molecule has 0 aliphatic rings. The summed E-state index contributed by atoms with van der Waals surface area (Å²) < 4.78 is 0. The molecule has 0 saturated heterocycles. The van der Waals surface area contributed by atoms with Gasteiger partial charge in [-0.1, -0.05) is 41.4 Å². The third-order valence-electron chi connectivity index (χ3n) is 3.86. The number of rotatable bonds is 6. The van der Waals surface area contributed by atoms with E-state index in [2.05, 4.69) is 26.7 Å². The minimum Gasteiger partial charge on any atom is -0.354 e. The van der Waals surface area contributed by atoms with Crippen molar-refractivity contribution >= 4 is 40.7 Å². The van der Waals surface area contributed by atoms with E-state index in [1.807, 2.05) is 43.3 Å². The maximum absolute atomic E-state index is 9.22. The Kier molecular flexibility index (Phi) is 6.12. The molecule has 2 N–H and O–H groups in total. The Balaban J connectivity index is 1.69. The van der Waals surface area contributed by atoms with E-state index in [-0.39, 0.29) is 0 Å². The smallest absolute Gasteiger partial charge is 0.224 e. The van der Waals surface area contributed by atoms with Crippen LogP contribution in [0, 0.1) is 18.3 Å². The highest BCUT2D eigenvalue weighted by molar-refractivity contribution is 6.35. The fourth-order valence-corrected chi connectivity index (χ4v) is 3.08. The first kappa shape index (κ1) is 19.0. The maximum atomic E-state index is 9.22. The minimum atomic E-state index is 0.511. The van der Waals surface area contributed by atoms with Crippen LogP contribution < -0.4 is 10.6 Å². The largest absolute Gasteiger partial charge is 0.354 e. The van der Waals surface area contributed by atoms with Crippen LogP contribution in [0.25, 0.3) is 0 Å². The van der Waals surface area contributed by atoms with Crippen LogP contribution in [0.3, 0.4) is 0 Å². The number of anilines is 3. The topological polar surface area (TPSA) is 73.6 Å². The minimum absolute atomic E-state index is 0.511. The van der Waals surface area contributed by atoms with Gasteiger partial charge in [0.15, 0.2) is 0 Å². The zero-order valence-electron chi connectivity index (χ0n) is 14.6. The van der Waals surface area contributed by atoms with Crippen LogP contribution in [0.15, 0.2) is 48.5 Å². The van der Waals surface area contributed by atoms with Gasteiger partial charge in [0.2, 0.25) is 5.95 Å². The molecule has 0 bridgehead atoms. The summed E-state index contributed by atoms with van der Waals surface area (Å²) in [4.78, 5) is 8.88. The van der Waals surface area contributed by atoms with Gasteiger partial charge in [0, 0.05) is 28.4 Å². The molecule has 3 rings (SSSR count). The Bertz CT molecular complexity index is 998. The first-order valence-electron chi connectivity index (χ1n) is 8.35. The molecular formula is C20H17Cl2N5. The Morgan fingerprint density at radius 1 is 1.07 bits per heavy atom. The summed E-state index contributed by atoms with van der Waals surface area (Å²) in [5.74, 6) is 1.13. The summed E-state index contributed by atoms with van der Waals surface area (Å²) in [6, 6.07) is 16.7. The Labute approximate surface area is 168 Å². The molecule has 2 aromatic carbocycles. The monoisotopic (exact) mass is 397 g/mol. The van der Waals surface area contributed by atoms with Gasteiger partial charge in [0.05, 0.1) is 11.3 Å². The van der Waals surface area contributed by atoms with E-state index < -0.39 is 0 Å². The molecule has 1 aromatic heterocycles. The Hall–Kier alpha value is -2.81. The first-order chi connectivity index (χ1) is 13.0. The lowest BCUT2D eigenvalue weighted by Crippen LogP contribution is -2.10. The van der Waals surface area contributed by atoms with Crippen molar-refractivity contribution in [3.8, 4) is 6.07 Å². The molecule has 0 aliphatic carbocycles. The molecule has 7 heteroatoms. The second-order valence-electron chi connectivity index (χ2n) is 5.91. The van der Waals surface area contributed by atoms with Gasteiger partial charge in [0.25, 0.3) is 0 Å². The third kappa shape index (κ3) is 5.10. The number of hydrogen-bond acceptors (Lipinski definition) is 5. The van der Waals surface area contributed by atoms with Crippen molar-refractivity contribution in [1.29, 1.82) is 5.26 Å². The lowest BCUT2D eigenvalue weighted by atomic mass is 10.1. The van der Waals surface area contributed by atoms with Crippen molar-refractivity contribution in [3.63, 3.8) is 0 Å². The van der Waals surface area contributed by atoms with Crippen molar-refractivity contribution in [3.05, 3.63) is 75.4 Å². The second kappa shape index (κ2) is 8.72. The molecule has 27 heavy (non-hydrogen) atoms. The van der Waals surface area contributed by atoms with Gasteiger partial charge in [0.1, 0.15) is 11.9 Å². The molecule has 0 atom stereocenters. The van der Waals surface area contributed by atoms with E-state index in [1.165, 1.54) is 0 Å². The number of nitrogens with zero attached hydrogens (tertiary/aromatic N) is 3. The fraction of sp³-hybridized carbons (Fsp3) is 0.150. The van der Waals surface area contributed by atoms with Gasteiger partial charge in [-0.05, 0) is 43.2 Å². The number of halogens is 2. The number of hydrogen-bond donors (Lipinski definition) is 2. The number of nitriles is 1. The van der Waals surface area contributed by atoms with Gasteiger partial charge in [-0.2, -0.15) is 10.2 Å². The van der Waals surface area contributed by atoms with E-state index in [4.69, 9.17) is 23.2 Å².